The molecule has 6 heteroatoms. The van der Waals surface area contributed by atoms with Crippen molar-refractivity contribution in [3.63, 3.8) is 0 Å². The number of rotatable bonds is 4. The van der Waals surface area contributed by atoms with Gasteiger partial charge in [0.15, 0.2) is 4.80 Å². The van der Waals surface area contributed by atoms with Crippen LogP contribution in [0.15, 0.2) is 58.9 Å². The van der Waals surface area contributed by atoms with Gasteiger partial charge in [0.1, 0.15) is 0 Å². The van der Waals surface area contributed by atoms with Crippen molar-refractivity contribution in [1.29, 1.82) is 0 Å². The van der Waals surface area contributed by atoms with Crippen LogP contribution in [0, 0.1) is 6.92 Å². The molecular formula is C19H17ClN2OS2. The van der Waals surface area contributed by atoms with Crippen LogP contribution in [0.3, 0.4) is 0 Å². The molecule has 3 rings (SSSR count). The molecule has 0 fully saturated rings. The molecule has 0 N–H and O–H groups in total. The molecule has 0 aliphatic rings. The number of hydrogen-bond donors (Lipinski definition) is 0. The maximum Gasteiger partial charge on any atom is 0.279 e. The summed E-state index contributed by atoms with van der Waals surface area (Å²) in [6.07, 6.45) is 3.80. The van der Waals surface area contributed by atoms with Gasteiger partial charge in [-0.25, -0.2) is 0 Å². The monoisotopic (exact) mass is 388 g/mol. The largest absolute Gasteiger partial charge is 0.312 e. The fourth-order valence-corrected chi connectivity index (χ4v) is 4.38. The van der Waals surface area contributed by atoms with Gasteiger partial charge in [-0.15, -0.1) is 18.3 Å². The maximum absolute atomic E-state index is 12.6. The molecule has 0 saturated heterocycles. The van der Waals surface area contributed by atoms with Gasteiger partial charge in [0, 0.05) is 17.0 Å². The Hall–Kier alpha value is -1.82. The molecule has 3 nitrogen and oxygen atoms in total. The number of aromatic nitrogens is 1. The summed E-state index contributed by atoms with van der Waals surface area (Å²) in [7, 11) is 0. The smallest absolute Gasteiger partial charge is 0.279 e. The average molecular weight is 389 g/mol. The third kappa shape index (κ3) is 3.59. The molecule has 128 valence electrons. The van der Waals surface area contributed by atoms with E-state index in [0.717, 1.165) is 20.7 Å². The van der Waals surface area contributed by atoms with Crippen molar-refractivity contribution in [3.05, 3.63) is 70.0 Å². The SMILES string of the molecule is C=CCn1c(=NC(=O)c2ccc(SC)cc2)sc2c(Cl)ccc(C)c21. The van der Waals surface area contributed by atoms with Crippen LogP contribution in [0.2, 0.25) is 5.02 Å². The van der Waals surface area contributed by atoms with Gasteiger partial charge >= 0.3 is 0 Å². The van der Waals surface area contributed by atoms with E-state index in [1.807, 2.05) is 42.0 Å². The van der Waals surface area contributed by atoms with Gasteiger partial charge in [-0.1, -0.05) is 35.1 Å². The van der Waals surface area contributed by atoms with E-state index in [2.05, 4.69) is 11.6 Å². The highest BCUT2D eigenvalue weighted by Gasteiger charge is 2.12. The van der Waals surface area contributed by atoms with E-state index < -0.39 is 0 Å². The van der Waals surface area contributed by atoms with E-state index in [1.165, 1.54) is 11.3 Å². The zero-order valence-electron chi connectivity index (χ0n) is 14.0. The number of thiazole rings is 1. The molecule has 0 spiro atoms. The molecule has 0 radical (unpaired) electrons. The molecule has 25 heavy (non-hydrogen) atoms. The van der Waals surface area contributed by atoms with Crippen LogP contribution in [0.5, 0.6) is 0 Å². The van der Waals surface area contributed by atoms with Gasteiger partial charge in [-0.05, 0) is 49.1 Å². The average Bonchev–Trinajstić information content (AvgIpc) is 2.98. The fourth-order valence-electron chi connectivity index (χ4n) is 2.59. The molecule has 1 heterocycles. The first-order valence-corrected chi connectivity index (χ1v) is 10.1. The molecule has 1 amide bonds. The Morgan fingerprint density at radius 2 is 2.04 bits per heavy atom. The molecule has 0 saturated carbocycles. The number of benzene rings is 2. The number of carbonyl (C=O) groups is 1. The Kier molecular flexibility index (Phi) is 5.47. The van der Waals surface area contributed by atoms with E-state index in [0.29, 0.717) is 21.9 Å². The van der Waals surface area contributed by atoms with Crippen molar-refractivity contribution in [2.24, 2.45) is 4.99 Å². The lowest BCUT2D eigenvalue weighted by Crippen LogP contribution is -2.16. The predicted octanol–water partition coefficient (Wildman–Crippen LogP) is 5.31. The van der Waals surface area contributed by atoms with Crippen molar-refractivity contribution in [1.82, 2.24) is 4.57 Å². The number of allylic oxidation sites excluding steroid dienone is 1. The van der Waals surface area contributed by atoms with Crippen LogP contribution in [-0.2, 0) is 6.54 Å². The Bertz CT molecular complexity index is 1020. The molecule has 0 aliphatic carbocycles. The number of nitrogens with zero attached hydrogens (tertiary/aromatic N) is 2. The molecule has 0 atom stereocenters. The van der Waals surface area contributed by atoms with Crippen molar-refractivity contribution < 1.29 is 4.79 Å². The first-order chi connectivity index (χ1) is 12.0. The van der Waals surface area contributed by atoms with E-state index in [1.54, 1.807) is 30.0 Å². The van der Waals surface area contributed by atoms with Crippen LogP contribution in [0.25, 0.3) is 10.2 Å². The summed E-state index contributed by atoms with van der Waals surface area (Å²) in [5, 5.41) is 0.668. The molecule has 0 aliphatic heterocycles. The summed E-state index contributed by atoms with van der Waals surface area (Å²) in [4.78, 5) is 18.7. The Morgan fingerprint density at radius 1 is 1.32 bits per heavy atom. The lowest BCUT2D eigenvalue weighted by Gasteiger charge is -2.04. The number of carbonyl (C=O) groups excluding carboxylic acids is 1. The third-order valence-corrected chi connectivity index (χ3v) is 6.11. The number of halogens is 1. The van der Waals surface area contributed by atoms with E-state index in [-0.39, 0.29) is 5.91 Å². The third-order valence-electron chi connectivity index (χ3n) is 3.83. The van der Waals surface area contributed by atoms with Crippen molar-refractivity contribution >= 4 is 50.8 Å². The molecule has 2 aromatic carbocycles. The lowest BCUT2D eigenvalue weighted by molar-refractivity contribution is 0.0998. The summed E-state index contributed by atoms with van der Waals surface area (Å²) >= 11 is 9.41. The minimum Gasteiger partial charge on any atom is -0.312 e. The first-order valence-electron chi connectivity index (χ1n) is 7.67. The van der Waals surface area contributed by atoms with Crippen LogP contribution < -0.4 is 4.80 Å². The predicted molar refractivity (Wildman–Crippen MR) is 108 cm³/mol. The maximum atomic E-state index is 12.6. The van der Waals surface area contributed by atoms with E-state index >= 15 is 0 Å². The Morgan fingerprint density at radius 3 is 2.68 bits per heavy atom. The second-order valence-electron chi connectivity index (χ2n) is 5.47. The number of fused-ring (bicyclic) bond motifs is 1. The van der Waals surface area contributed by atoms with Gasteiger partial charge in [0.25, 0.3) is 5.91 Å². The van der Waals surface area contributed by atoms with Gasteiger partial charge in [0.2, 0.25) is 0 Å². The van der Waals surface area contributed by atoms with Gasteiger partial charge < -0.3 is 4.57 Å². The highest BCUT2D eigenvalue weighted by molar-refractivity contribution is 7.98. The second kappa shape index (κ2) is 7.60. The van der Waals surface area contributed by atoms with Crippen LogP contribution in [0.1, 0.15) is 15.9 Å². The summed E-state index contributed by atoms with van der Waals surface area (Å²) in [6, 6.07) is 11.3. The quantitative estimate of drug-likeness (QED) is 0.448. The van der Waals surface area contributed by atoms with E-state index in [4.69, 9.17) is 11.6 Å². The van der Waals surface area contributed by atoms with Crippen LogP contribution in [0.4, 0.5) is 0 Å². The summed E-state index contributed by atoms with van der Waals surface area (Å²) < 4.78 is 2.93. The molecule has 3 aromatic rings. The normalized spacial score (nSPS) is 11.9. The second-order valence-corrected chi connectivity index (χ2v) is 7.74. The first kappa shape index (κ1) is 18.0. The molecule has 0 unspecified atom stereocenters. The number of thioether (sulfide) groups is 1. The van der Waals surface area contributed by atoms with Crippen LogP contribution in [-0.4, -0.2) is 16.7 Å². The van der Waals surface area contributed by atoms with Crippen molar-refractivity contribution in [2.75, 3.05) is 6.26 Å². The summed E-state index contributed by atoms with van der Waals surface area (Å²) in [5.41, 5.74) is 2.67. The number of hydrogen-bond acceptors (Lipinski definition) is 3. The summed E-state index contributed by atoms with van der Waals surface area (Å²) in [6.45, 7) is 6.41. The number of aryl methyl sites for hydroxylation is 1. The molecule has 1 aromatic heterocycles. The van der Waals surface area contributed by atoms with Crippen molar-refractivity contribution in [3.8, 4) is 0 Å². The topological polar surface area (TPSA) is 34.4 Å². The van der Waals surface area contributed by atoms with Gasteiger partial charge in [0.05, 0.1) is 15.2 Å². The Labute approximate surface area is 159 Å². The minimum atomic E-state index is -0.259. The minimum absolute atomic E-state index is 0.259. The standard InChI is InChI=1S/C19H17ClN2OS2/c1-4-11-22-16-12(2)5-10-15(20)17(16)25-19(22)21-18(23)13-6-8-14(24-3)9-7-13/h4-10H,1,11H2,2-3H3. The highest BCUT2D eigenvalue weighted by atomic mass is 35.5. The Balaban J connectivity index is 2.16. The number of amides is 1. The zero-order chi connectivity index (χ0) is 18.0. The fraction of sp³-hybridized carbons (Fsp3) is 0.158. The zero-order valence-corrected chi connectivity index (χ0v) is 16.3. The van der Waals surface area contributed by atoms with Gasteiger partial charge in [-0.2, -0.15) is 4.99 Å². The highest BCUT2D eigenvalue weighted by Crippen LogP contribution is 2.29. The van der Waals surface area contributed by atoms with Crippen LogP contribution >= 0.6 is 34.7 Å². The summed E-state index contributed by atoms with van der Waals surface area (Å²) in [5.74, 6) is -0.259. The lowest BCUT2D eigenvalue weighted by atomic mass is 10.2. The van der Waals surface area contributed by atoms with Gasteiger partial charge in [-0.3, -0.25) is 4.79 Å². The molecule has 0 bridgehead atoms. The van der Waals surface area contributed by atoms with Crippen molar-refractivity contribution in [2.45, 2.75) is 18.4 Å². The van der Waals surface area contributed by atoms with E-state index in [9.17, 15) is 4.79 Å². The molecular weight excluding hydrogens is 372 g/mol.